The van der Waals surface area contributed by atoms with Crippen LogP contribution in [-0.2, 0) is 0 Å². The first-order valence-electron chi connectivity index (χ1n) is 6.79. The fourth-order valence-corrected chi connectivity index (χ4v) is 2.58. The number of hydrogen-bond acceptors (Lipinski definition) is 3. The lowest BCUT2D eigenvalue weighted by molar-refractivity contribution is 0.0696. The second-order valence-corrected chi connectivity index (χ2v) is 5.06. The van der Waals surface area contributed by atoms with Gasteiger partial charge < -0.3 is 5.11 Å². The molecule has 22 heavy (non-hydrogen) atoms. The number of aromatic amines is 1. The van der Waals surface area contributed by atoms with Crippen LogP contribution < -0.4 is 0 Å². The highest BCUT2D eigenvalue weighted by molar-refractivity contribution is 5.98. The molecule has 2 aromatic carbocycles. The molecule has 0 unspecified atom stereocenters. The van der Waals surface area contributed by atoms with Crippen LogP contribution in [0.25, 0.3) is 33.1 Å². The molecule has 0 amide bonds. The molecule has 0 spiro atoms. The van der Waals surface area contributed by atoms with Crippen molar-refractivity contribution in [2.45, 2.75) is 0 Å². The second kappa shape index (κ2) is 4.66. The molecule has 0 fully saturated rings. The first kappa shape index (κ1) is 12.5. The van der Waals surface area contributed by atoms with Crippen LogP contribution in [0.1, 0.15) is 10.4 Å². The predicted molar refractivity (Wildman–Crippen MR) is 83.8 cm³/mol. The summed E-state index contributed by atoms with van der Waals surface area (Å²) in [6.07, 6.45) is 1.33. The van der Waals surface area contributed by atoms with Gasteiger partial charge in [-0.1, -0.05) is 36.4 Å². The first-order valence-corrected chi connectivity index (χ1v) is 6.79. The molecule has 0 saturated carbocycles. The Hall–Kier alpha value is -3.21. The fourth-order valence-electron chi connectivity index (χ4n) is 2.58. The average molecular weight is 289 g/mol. The molecule has 0 aliphatic rings. The summed E-state index contributed by atoms with van der Waals surface area (Å²) >= 11 is 0. The Morgan fingerprint density at radius 3 is 2.68 bits per heavy atom. The first-order chi connectivity index (χ1) is 10.7. The van der Waals surface area contributed by atoms with Gasteiger partial charge in [-0.3, -0.25) is 5.10 Å². The lowest BCUT2D eigenvalue weighted by Gasteiger charge is -2.02. The van der Waals surface area contributed by atoms with Crippen molar-refractivity contribution in [2.75, 3.05) is 0 Å². The summed E-state index contributed by atoms with van der Waals surface area (Å²) < 4.78 is 0. The quantitative estimate of drug-likeness (QED) is 0.592. The normalized spacial score (nSPS) is 11.1. The molecule has 5 heteroatoms. The van der Waals surface area contributed by atoms with E-state index in [1.54, 1.807) is 6.07 Å². The fraction of sp³-hybridized carbons (Fsp3) is 0. The molecule has 106 valence electrons. The van der Waals surface area contributed by atoms with Crippen molar-refractivity contribution < 1.29 is 9.90 Å². The number of fused-ring (bicyclic) bond motifs is 2. The molecule has 0 aliphatic carbocycles. The standard InChI is InChI=1S/C17H11N3O2/c21-17(22)13-8-14-15(19-20-16(14)18-9-13)12-6-5-10-3-1-2-4-11(10)7-12/h1-9H,(H,21,22)(H,18,19,20). The largest absolute Gasteiger partial charge is 0.478 e. The van der Waals surface area contributed by atoms with Crippen LogP contribution in [-0.4, -0.2) is 26.3 Å². The molecule has 0 radical (unpaired) electrons. The predicted octanol–water partition coefficient (Wildman–Crippen LogP) is 3.48. The summed E-state index contributed by atoms with van der Waals surface area (Å²) in [4.78, 5) is 15.2. The highest BCUT2D eigenvalue weighted by Crippen LogP contribution is 2.28. The van der Waals surface area contributed by atoms with Crippen LogP contribution in [0.5, 0.6) is 0 Å². The van der Waals surface area contributed by atoms with E-state index in [4.69, 9.17) is 5.11 Å². The Morgan fingerprint density at radius 2 is 1.86 bits per heavy atom. The van der Waals surface area contributed by atoms with E-state index >= 15 is 0 Å². The summed E-state index contributed by atoms with van der Waals surface area (Å²) in [5, 5.41) is 19.2. The van der Waals surface area contributed by atoms with E-state index < -0.39 is 5.97 Å². The summed E-state index contributed by atoms with van der Waals surface area (Å²) in [5.41, 5.74) is 2.36. The lowest BCUT2D eigenvalue weighted by atomic mass is 10.0. The maximum atomic E-state index is 11.1. The SMILES string of the molecule is O=C(O)c1cnc2[nH]nc(-c3ccc4ccccc4c3)c2c1. The van der Waals surface area contributed by atoms with E-state index in [-0.39, 0.29) is 5.56 Å². The number of aromatic nitrogens is 3. The Morgan fingerprint density at radius 1 is 1.05 bits per heavy atom. The van der Waals surface area contributed by atoms with Gasteiger partial charge in [0.1, 0.15) is 5.69 Å². The van der Waals surface area contributed by atoms with E-state index in [1.165, 1.54) is 6.20 Å². The van der Waals surface area contributed by atoms with Crippen molar-refractivity contribution in [2.24, 2.45) is 0 Å². The van der Waals surface area contributed by atoms with E-state index in [2.05, 4.69) is 15.2 Å². The number of carboxylic acid groups (broad SMARTS) is 1. The molecule has 4 rings (SSSR count). The minimum Gasteiger partial charge on any atom is -0.478 e. The van der Waals surface area contributed by atoms with Gasteiger partial charge in [0, 0.05) is 17.1 Å². The van der Waals surface area contributed by atoms with Gasteiger partial charge in [-0.2, -0.15) is 5.10 Å². The Labute approximate surface area is 125 Å². The molecule has 2 aromatic heterocycles. The van der Waals surface area contributed by atoms with Crippen molar-refractivity contribution in [1.29, 1.82) is 0 Å². The third-order valence-corrected chi connectivity index (χ3v) is 3.69. The molecule has 2 heterocycles. The number of hydrogen-bond donors (Lipinski definition) is 2. The van der Waals surface area contributed by atoms with Crippen LogP contribution in [0.4, 0.5) is 0 Å². The zero-order valence-corrected chi connectivity index (χ0v) is 11.4. The van der Waals surface area contributed by atoms with E-state index in [1.807, 2.05) is 42.5 Å². The number of carbonyl (C=O) groups is 1. The Balaban J connectivity index is 1.95. The molecule has 0 atom stereocenters. The third kappa shape index (κ3) is 1.91. The minimum absolute atomic E-state index is 0.149. The summed E-state index contributed by atoms with van der Waals surface area (Å²) in [6.45, 7) is 0. The lowest BCUT2D eigenvalue weighted by Crippen LogP contribution is -1.96. The van der Waals surface area contributed by atoms with Crippen molar-refractivity contribution >= 4 is 27.8 Å². The number of benzene rings is 2. The minimum atomic E-state index is -1.000. The van der Waals surface area contributed by atoms with Crippen LogP contribution in [0.3, 0.4) is 0 Å². The second-order valence-electron chi connectivity index (χ2n) is 5.06. The van der Waals surface area contributed by atoms with Crippen molar-refractivity contribution in [3.63, 3.8) is 0 Å². The van der Waals surface area contributed by atoms with Crippen LogP contribution in [0.15, 0.2) is 54.7 Å². The molecule has 0 bridgehead atoms. The third-order valence-electron chi connectivity index (χ3n) is 3.69. The smallest absolute Gasteiger partial charge is 0.337 e. The van der Waals surface area contributed by atoms with Crippen molar-refractivity contribution in [3.8, 4) is 11.3 Å². The van der Waals surface area contributed by atoms with Gasteiger partial charge >= 0.3 is 5.97 Å². The van der Waals surface area contributed by atoms with E-state index in [0.717, 1.165) is 16.3 Å². The number of carboxylic acids is 1. The average Bonchev–Trinajstić information content (AvgIpc) is 2.97. The molecular weight excluding hydrogens is 278 g/mol. The van der Waals surface area contributed by atoms with Gasteiger partial charge in [-0.05, 0) is 22.9 Å². The number of aromatic carboxylic acids is 1. The summed E-state index contributed by atoms with van der Waals surface area (Å²) in [7, 11) is 0. The van der Waals surface area contributed by atoms with E-state index in [9.17, 15) is 4.79 Å². The number of nitrogens with one attached hydrogen (secondary N) is 1. The summed E-state index contributed by atoms with van der Waals surface area (Å²) in [5.74, 6) is -1.000. The number of nitrogens with zero attached hydrogens (tertiary/aromatic N) is 2. The summed E-state index contributed by atoms with van der Waals surface area (Å²) in [6, 6.07) is 15.7. The number of H-pyrrole nitrogens is 1. The van der Waals surface area contributed by atoms with Crippen LogP contribution >= 0.6 is 0 Å². The molecular formula is C17H11N3O2. The molecule has 2 N–H and O–H groups in total. The van der Waals surface area contributed by atoms with Gasteiger partial charge in [0.15, 0.2) is 5.65 Å². The van der Waals surface area contributed by atoms with Gasteiger partial charge in [-0.25, -0.2) is 9.78 Å². The number of rotatable bonds is 2. The maximum Gasteiger partial charge on any atom is 0.337 e. The molecule has 0 saturated heterocycles. The van der Waals surface area contributed by atoms with Crippen LogP contribution in [0.2, 0.25) is 0 Å². The number of pyridine rings is 1. The zero-order valence-electron chi connectivity index (χ0n) is 11.4. The highest BCUT2D eigenvalue weighted by Gasteiger charge is 2.12. The van der Waals surface area contributed by atoms with Crippen molar-refractivity contribution in [3.05, 3.63) is 60.3 Å². The van der Waals surface area contributed by atoms with E-state index in [0.29, 0.717) is 16.7 Å². The molecule has 5 nitrogen and oxygen atoms in total. The van der Waals surface area contributed by atoms with Crippen LogP contribution in [0, 0.1) is 0 Å². The highest BCUT2D eigenvalue weighted by atomic mass is 16.4. The van der Waals surface area contributed by atoms with Crippen molar-refractivity contribution in [1.82, 2.24) is 15.2 Å². The Kier molecular flexibility index (Phi) is 2.66. The van der Waals surface area contributed by atoms with Gasteiger partial charge in [-0.15, -0.1) is 0 Å². The van der Waals surface area contributed by atoms with Gasteiger partial charge in [0.2, 0.25) is 0 Å². The van der Waals surface area contributed by atoms with Gasteiger partial charge in [0.25, 0.3) is 0 Å². The Bertz CT molecular complexity index is 1020. The topological polar surface area (TPSA) is 78.9 Å². The maximum absolute atomic E-state index is 11.1. The monoisotopic (exact) mass is 289 g/mol. The zero-order chi connectivity index (χ0) is 15.1. The molecule has 4 aromatic rings. The van der Waals surface area contributed by atoms with Gasteiger partial charge in [0.05, 0.1) is 5.56 Å². The molecule has 0 aliphatic heterocycles.